The minimum absolute atomic E-state index is 0.0161. The van der Waals surface area contributed by atoms with Gasteiger partial charge in [0.25, 0.3) is 11.7 Å². The van der Waals surface area contributed by atoms with Crippen molar-refractivity contribution in [3.05, 3.63) is 105 Å². The van der Waals surface area contributed by atoms with Crippen LogP contribution in [0, 0.1) is 0 Å². The Morgan fingerprint density at radius 3 is 2.41 bits per heavy atom. The molecule has 1 N–H and O–H groups in total. The molecule has 1 fully saturated rings. The third-order valence-electron chi connectivity index (χ3n) is 5.34. The summed E-state index contributed by atoms with van der Waals surface area (Å²) in [6, 6.07) is 20.1. The van der Waals surface area contributed by atoms with E-state index in [0.717, 1.165) is 5.56 Å². The largest absolute Gasteiger partial charge is 0.507 e. The number of carbonyl (C=O) groups is 2. The normalized spacial score (nSPS) is 17.6. The molecular formula is C25H19Cl2NO4. The summed E-state index contributed by atoms with van der Waals surface area (Å²) < 4.78 is 5.23. The van der Waals surface area contributed by atoms with Gasteiger partial charge in [-0.15, -0.1) is 0 Å². The van der Waals surface area contributed by atoms with Crippen LogP contribution in [0.15, 0.2) is 78.4 Å². The number of aliphatic hydroxyl groups is 1. The molecule has 1 aliphatic heterocycles. The molecule has 3 aromatic rings. The molecule has 3 aromatic carbocycles. The summed E-state index contributed by atoms with van der Waals surface area (Å²) in [5.74, 6) is -1.24. The average molecular weight is 468 g/mol. The number of benzene rings is 3. The van der Waals surface area contributed by atoms with Gasteiger partial charge in [0.2, 0.25) is 0 Å². The van der Waals surface area contributed by atoms with Crippen LogP contribution in [0.5, 0.6) is 5.75 Å². The molecule has 0 bridgehead atoms. The number of carbonyl (C=O) groups excluding carboxylic acids is 2. The van der Waals surface area contributed by atoms with E-state index in [1.807, 2.05) is 30.3 Å². The highest BCUT2D eigenvalue weighted by Gasteiger charge is 2.46. The maximum atomic E-state index is 13.1. The van der Waals surface area contributed by atoms with E-state index in [2.05, 4.69) is 0 Å². The van der Waals surface area contributed by atoms with E-state index in [1.54, 1.807) is 42.5 Å². The number of ketones is 1. The van der Waals surface area contributed by atoms with Crippen molar-refractivity contribution in [3.63, 3.8) is 0 Å². The van der Waals surface area contributed by atoms with Crippen molar-refractivity contribution >= 4 is 40.7 Å². The third kappa shape index (κ3) is 4.09. The molecule has 4 rings (SSSR count). The highest BCUT2D eigenvalue weighted by molar-refractivity contribution is 6.46. The fraction of sp³-hybridized carbons (Fsp3) is 0.120. The molecule has 1 atom stereocenters. The number of methoxy groups -OCH3 is 1. The van der Waals surface area contributed by atoms with Crippen LogP contribution in [0.4, 0.5) is 0 Å². The summed E-state index contributed by atoms with van der Waals surface area (Å²) in [7, 11) is 1.51. The second kappa shape index (κ2) is 9.07. The predicted molar refractivity (Wildman–Crippen MR) is 124 cm³/mol. The minimum Gasteiger partial charge on any atom is -0.507 e. The van der Waals surface area contributed by atoms with Crippen LogP contribution in [0.25, 0.3) is 5.76 Å². The van der Waals surface area contributed by atoms with Gasteiger partial charge in [-0.3, -0.25) is 9.59 Å². The van der Waals surface area contributed by atoms with Crippen molar-refractivity contribution in [1.82, 2.24) is 4.90 Å². The predicted octanol–water partition coefficient (Wildman–Crippen LogP) is 5.62. The SMILES string of the molecule is COc1cccc(/C(O)=C2\C(=O)C(=O)N(Cc3ccccc3)C2c2ccc(Cl)c(Cl)c2)c1. The molecule has 1 heterocycles. The maximum absolute atomic E-state index is 13.1. The topological polar surface area (TPSA) is 66.8 Å². The number of halogens is 2. The zero-order valence-corrected chi connectivity index (χ0v) is 18.6. The second-order valence-electron chi connectivity index (χ2n) is 7.32. The van der Waals surface area contributed by atoms with Crippen molar-refractivity contribution in [2.24, 2.45) is 0 Å². The van der Waals surface area contributed by atoms with Gasteiger partial charge in [0.05, 0.1) is 28.8 Å². The first kappa shape index (κ1) is 21.9. The maximum Gasteiger partial charge on any atom is 0.295 e. The van der Waals surface area contributed by atoms with Gasteiger partial charge >= 0.3 is 0 Å². The van der Waals surface area contributed by atoms with E-state index in [1.165, 1.54) is 12.0 Å². The number of Topliss-reactive ketones (excluding diaryl/α,β-unsaturated/α-hetero) is 1. The number of ether oxygens (including phenoxy) is 1. The quantitative estimate of drug-likeness (QED) is 0.300. The second-order valence-corrected chi connectivity index (χ2v) is 8.13. The molecule has 7 heteroatoms. The van der Waals surface area contributed by atoms with Crippen LogP contribution >= 0.6 is 23.2 Å². The van der Waals surface area contributed by atoms with Crippen molar-refractivity contribution in [2.45, 2.75) is 12.6 Å². The highest BCUT2D eigenvalue weighted by Crippen LogP contribution is 2.42. The number of nitrogens with zero attached hydrogens (tertiary/aromatic N) is 1. The summed E-state index contributed by atoms with van der Waals surface area (Å²) in [6.07, 6.45) is 0. The lowest BCUT2D eigenvalue weighted by molar-refractivity contribution is -0.140. The first-order chi connectivity index (χ1) is 15.4. The number of hydrogen-bond acceptors (Lipinski definition) is 4. The monoisotopic (exact) mass is 467 g/mol. The molecule has 0 spiro atoms. The van der Waals surface area contributed by atoms with Gasteiger partial charge in [-0.1, -0.05) is 71.7 Å². The first-order valence-corrected chi connectivity index (χ1v) is 10.6. The van der Waals surface area contributed by atoms with Crippen LogP contribution in [0.1, 0.15) is 22.7 Å². The summed E-state index contributed by atoms with van der Waals surface area (Å²) in [5.41, 5.74) is 1.77. The Labute approximate surface area is 195 Å². The van der Waals surface area contributed by atoms with Gasteiger partial charge in [-0.25, -0.2) is 0 Å². The van der Waals surface area contributed by atoms with Crippen LogP contribution in [-0.2, 0) is 16.1 Å². The van der Waals surface area contributed by atoms with E-state index in [9.17, 15) is 14.7 Å². The fourth-order valence-corrected chi connectivity index (χ4v) is 4.08. The van der Waals surface area contributed by atoms with Crippen molar-refractivity contribution in [1.29, 1.82) is 0 Å². The Kier molecular flexibility index (Phi) is 6.21. The molecule has 1 unspecified atom stereocenters. The Hall–Kier alpha value is -3.28. The molecule has 0 saturated carbocycles. The molecule has 0 radical (unpaired) electrons. The lowest BCUT2D eigenvalue weighted by atomic mass is 9.95. The number of likely N-dealkylation sites (tertiary alicyclic amines) is 1. The van der Waals surface area contributed by atoms with Crippen LogP contribution in [0.2, 0.25) is 10.0 Å². The summed E-state index contributed by atoms with van der Waals surface area (Å²) in [5, 5.41) is 11.8. The summed E-state index contributed by atoms with van der Waals surface area (Å²) in [6.45, 7) is 0.186. The molecule has 32 heavy (non-hydrogen) atoms. The number of aliphatic hydroxyl groups excluding tert-OH is 1. The molecule has 0 aromatic heterocycles. The van der Waals surface area contributed by atoms with Crippen molar-refractivity contribution in [2.75, 3.05) is 7.11 Å². The zero-order valence-electron chi connectivity index (χ0n) is 17.1. The average Bonchev–Trinajstić information content (AvgIpc) is 3.06. The van der Waals surface area contributed by atoms with Crippen molar-refractivity contribution in [3.8, 4) is 5.75 Å². The first-order valence-electron chi connectivity index (χ1n) is 9.82. The zero-order chi connectivity index (χ0) is 22.8. The Morgan fingerprint density at radius 2 is 1.72 bits per heavy atom. The lowest BCUT2D eigenvalue weighted by Gasteiger charge is -2.25. The van der Waals surface area contributed by atoms with E-state index in [-0.39, 0.29) is 22.9 Å². The highest BCUT2D eigenvalue weighted by atomic mass is 35.5. The number of amides is 1. The van der Waals surface area contributed by atoms with Crippen LogP contribution in [-0.4, -0.2) is 28.8 Å². The summed E-state index contributed by atoms with van der Waals surface area (Å²) >= 11 is 12.3. The molecule has 5 nitrogen and oxygen atoms in total. The Balaban J connectivity index is 1.89. The standard InChI is InChI=1S/C25H19Cl2NO4/c1-32-18-9-5-8-17(12-18)23(29)21-22(16-10-11-19(26)20(27)13-16)28(25(31)24(21)30)14-15-6-3-2-4-7-15/h2-13,22,29H,14H2,1H3/b23-21+. The molecule has 0 aliphatic carbocycles. The molecular weight excluding hydrogens is 449 g/mol. The van der Waals surface area contributed by atoms with Gasteiger partial charge in [0, 0.05) is 12.1 Å². The Morgan fingerprint density at radius 1 is 0.969 bits per heavy atom. The summed E-state index contributed by atoms with van der Waals surface area (Å²) in [4.78, 5) is 27.6. The van der Waals surface area contributed by atoms with Gasteiger partial charge < -0.3 is 14.7 Å². The van der Waals surface area contributed by atoms with E-state index in [4.69, 9.17) is 27.9 Å². The smallest absolute Gasteiger partial charge is 0.295 e. The molecule has 1 aliphatic rings. The molecule has 1 saturated heterocycles. The van der Waals surface area contributed by atoms with E-state index >= 15 is 0 Å². The number of hydrogen-bond donors (Lipinski definition) is 1. The van der Waals surface area contributed by atoms with E-state index in [0.29, 0.717) is 21.9 Å². The van der Waals surface area contributed by atoms with Gasteiger partial charge in [-0.2, -0.15) is 0 Å². The number of rotatable bonds is 5. The third-order valence-corrected chi connectivity index (χ3v) is 6.08. The molecule has 162 valence electrons. The minimum atomic E-state index is -0.837. The van der Waals surface area contributed by atoms with Crippen LogP contribution in [0.3, 0.4) is 0 Å². The van der Waals surface area contributed by atoms with Gasteiger partial charge in [0.15, 0.2) is 0 Å². The van der Waals surface area contributed by atoms with Gasteiger partial charge in [-0.05, 0) is 35.4 Å². The van der Waals surface area contributed by atoms with Crippen molar-refractivity contribution < 1.29 is 19.4 Å². The van der Waals surface area contributed by atoms with E-state index < -0.39 is 17.7 Å². The Bertz CT molecular complexity index is 1220. The fourth-order valence-electron chi connectivity index (χ4n) is 3.78. The van der Waals surface area contributed by atoms with Crippen LogP contribution < -0.4 is 4.74 Å². The molecule has 1 amide bonds. The lowest BCUT2D eigenvalue weighted by Crippen LogP contribution is -2.29. The van der Waals surface area contributed by atoms with Gasteiger partial charge in [0.1, 0.15) is 11.5 Å².